The summed E-state index contributed by atoms with van der Waals surface area (Å²) in [5.74, 6) is 0.406. The molecule has 2 aliphatic rings. The Hall–Kier alpha value is -1.57. The predicted octanol–water partition coefficient (Wildman–Crippen LogP) is 2.65. The third-order valence-electron chi connectivity index (χ3n) is 4.86. The molecule has 144 valence electrons. The van der Waals surface area contributed by atoms with Crippen LogP contribution in [-0.2, 0) is 20.7 Å². The van der Waals surface area contributed by atoms with Crippen LogP contribution in [0.25, 0.3) is 0 Å². The minimum Gasteiger partial charge on any atom is -0.466 e. The van der Waals surface area contributed by atoms with Crippen LogP contribution in [0.2, 0.25) is 0 Å². The van der Waals surface area contributed by atoms with Gasteiger partial charge in [0.1, 0.15) is 12.2 Å². The molecule has 0 saturated heterocycles. The van der Waals surface area contributed by atoms with Gasteiger partial charge in [-0.15, -0.1) is 10.2 Å². The molecule has 26 heavy (non-hydrogen) atoms. The van der Waals surface area contributed by atoms with Gasteiger partial charge in [-0.2, -0.15) is 0 Å². The number of carbonyl (C=O) groups excluding carboxylic acids is 2. The summed E-state index contributed by atoms with van der Waals surface area (Å²) in [6.07, 6.45) is 7.98. The van der Waals surface area contributed by atoms with E-state index >= 15 is 0 Å². The highest BCUT2D eigenvalue weighted by molar-refractivity contribution is 8.00. The fourth-order valence-corrected chi connectivity index (χ4v) is 4.26. The number of hydrogen-bond donors (Lipinski definition) is 1. The second-order valence-electron chi connectivity index (χ2n) is 7.09. The first kappa shape index (κ1) is 19.2. The van der Waals surface area contributed by atoms with Gasteiger partial charge in [0, 0.05) is 12.1 Å². The van der Waals surface area contributed by atoms with Gasteiger partial charge in [0.05, 0.1) is 11.9 Å². The number of nitrogens with one attached hydrogen (secondary N) is 1. The quantitative estimate of drug-likeness (QED) is 0.551. The van der Waals surface area contributed by atoms with E-state index in [-0.39, 0.29) is 23.5 Å². The molecule has 2 aliphatic carbocycles. The lowest BCUT2D eigenvalue weighted by Crippen LogP contribution is -2.32. The van der Waals surface area contributed by atoms with Gasteiger partial charge in [0.15, 0.2) is 5.16 Å². The summed E-state index contributed by atoms with van der Waals surface area (Å²) >= 11 is 1.43. The highest BCUT2D eigenvalue weighted by Gasteiger charge is 2.29. The maximum absolute atomic E-state index is 12.3. The fraction of sp³-hybridized carbons (Fsp3) is 0.778. The van der Waals surface area contributed by atoms with Crippen molar-refractivity contribution in [3.05, 3.63) is 5.82 Å². The molecule has 0 aromatic carbocycles. The molecular weight excluding hydrogens is 352 g/mol. The van der Waals surface area contributed by atoms with Crippen molar-refractivity contribution >= 4 is 23.6 Å². The van der Waals surface area contributed by atoms with Gasteiger partial charge in [-0.1, -0.05) is 31.0 Å². The zero-order valence-electron chi connectivity index (χ0n) is 15.6. The molecule has 0 spiro atoms. The topological polar surface area (TPSA) is 86.1 Å². The average molecular weight is 381 g/mol. The van der Waals surface area contributed by atoms with Gasteiger partial charge in [-0.05, 0) is 39.5 Å². The zero-order chi connectivity index (χ0) is 18.5. The Morgan fingerprint density at radius 2 is 1.96 bits per heavy atom. The third-order valence-corrected chi connectivity index (χ3v) is 5.91. The number of thioether (sulfide) groups is 1. The largest absolute Gasteiger partial charge is 0.466 e. The van der Waals surface area contributed by atoms with E-state index in [0.717, 1.165) is 30.8 Å². The smallest absolute Gasteiger partial charge is 0.313 e. The average Bonchev–Trinajstić information content (AvgIpc) is 3.36. The Morgan fingerprint density at radius 1 is 1.23 bits per heavy atom. The molecule has 8 heteroatoms. The highest BCUT2D eigenvalue weighted by Crippen LogP contribution is 2.34. The first-order valence-electron chi connectivity index (χ1n) is 9.65. The van der Waals surface area contributed by atoms with Crippen LogP contribution in [0.4, 0.5) is 0 Å². The molecule has 1 atom stereocenters. The number of rotatable bonds is 8. The molecule has 0 aliphatic heterocycles. The monoisotopic (exact) mass is 380 g/mol. The number of esters is 1. The summed E-state index contributed by atoms with van der Waals surface area (Å²) in [6.45, 7) is 4.05. The minimum absolute atomic E-state index is 0.0441. The molecular formula is C18H28N4O3S. The fourth-order valence-electron chi connectivity index (χ4n) is 3.31. The van der Waals surface area contributed by atoms with Crippen molar-refractivity contribution in [2.75, 3.05) is 6.61 Å². The van der Waals surface area contributed by atoms with Gasteiger partial charge >= 0.3 is 5.97 Å². The zero-order valence-corrected chi connectivity index (χ0v) is 16.4. The van der Waals surface area contributed by atoms with Crippen molar-refractivity contribution in [2.45, 2.75) is 87.7 Å². The van der Waals surface area contributed by atoms with Crippen LogP contribution in [-0.4, -0.2) is 44.5 Å². The number of nitrogens with zero attached hydrogens (tertiary/aromatic N) is 3. The molecule has 0 bridgehead atoms. The lowest BCUT2D eigenvalue weighted by atomic mass is 9.95. The van der Waals surface area contributed by atoms with Gasteiger partial charge in [0.25, 0.3) is 0 Å². The SMILES string of the molecule is CCOC(=O)Cc1nnc(S[C@H](C)C(=O)NC2CC2)n1C1CCCCC1. The molecule has 0 unspecified atom stereocenters. The summed E-state index contributed by atoms with van der Waals surface area (Å²) in [5.41, 5.74) is 0. The Kier molecular flexibility index (Phi) is 6.56. The predicted molar refractivity (Wildman–Crippen MR) is 99.0 cm³/mol. The normalized spacial score (nSPS) is 19.2. The van der Waals surface area contributed by atoms with E-state index in [1.165, 1.54) is 31.0 Å². The van der Waals surface area contributed by atoms with Gasteiger partial charge in [-0.3, -0.25) is 9.59 Å². The number of amides is 1. The van der Waals surface area contributed by atoms with Crippen molar-refractivity contribution in [1.29, 1.82) is 0 Å². The van der Waals surface area contributed by atoms with Crippen LogP contribution < -0.4 is 5.32 Å². The standard InChI is InChI=1S/C18H28N4O3S/c1-3-25-16(23)11-15-20-21-18(22(15)14-7-5-4-6-8-14)26-12(2)17(24)19-13-9-10-13/h12-14H,3-11H2,1-2H3,(H,19,24)/t12-/m1/s1. The molecule has 0 radical (unpaired) electrons. The minimum atomic E-state index is -0.284. The van der Waals surface area contributed by atoms with E-state index < -0.39 is 0 Å². The summed E-state index contributed by atoms with van der Waals surface area (Å²) in [6, 6.07) is 0.644. The van der Waals surface area contributed by atoms with Crippen LogP contribution in [0, 0.1) is 0 Å². The van der Waals surface area contributed by atoms with Crippen molar-refractivity contribution in [3.63, 3.8) is 0 Å². The Morgan fingerprint density at radius 3 is 2.62 bits per heavy atom. The lowest BCUT2D eigenvalue weighted by molar-refractivity contribution is -0.142. The van der Waals surface area contributed by atoms with E-state index in [9.17, 15) is 9.59 Å². The first-order valence-corrected chi connectivity index (χ1v) is 10.5. The van der Waals surface area contributed by atoms with Crippen LogP contribution in [0.3, 0.4) is 0 Å². The summed E-state index contributed by atoms with van der Waals surface area (Å²) in [5, 5.41) is 12.1. The molecule has 1 heterocycles. The molecule has 1 N–H and O–H groups in total. The van der Waals surface area contributed by atoms with Crippen molar-refractivity contribution in [1.82, 2.24) is 20.1 Å². The second-order valence-corrected chi connectivity index (χ2v) is 8.39. The van der Waals surface area contributed by atoms with E-state index in [0.29, 0.717) is 24.5 Å². The third kappa shape index (κ3) is 4.99. The summed E-state index contributed by atoms with van der Waals surface area (Å²) < 4.78 is 7.16. The molecule has 1 amide bonds. The van der Waals surface area contributed by atoms with Gasteiger partial charge in [-0.25, -0.2) is 0 Å². The van der Waals surface area contributed by atoms with E-state index in [1.54, 1.807) is 6.92 Å². The Bertz CT molecular complexity index is 638. The van der Waals surface area contributed by atoms with E-state index in [2.05, 4.69) is 20.1 Å². The molecule has 1 aromatic heterocycles. The number of hydrogen-bond acceptors (Lipinski definition) is 6. The molecule has 2 fully saturated rings. The molecule has 2 saturated carbocycles. The van der Waals surface area contributed by atoms with Crippen molar-refractivity contribution < 1.29 is 14.3 Å². The molecule has 3 rings (SSSR count). The Labute approximate surface area is 158 Å². The molecule has 7 nitrogen and oxygen atoms in total. The maximum atomic E-state index is 12.3. The van der Waals surface area contributed by atoms with Crippen molar-refractivity contribution in [3.8, 4) is 0 Å². The van der Waals surface area contributed by atoms with Crippen LogP contribution >= 0.6 is 11.8 Å². The number of carbonyl (C=O) groups is 2. The Balaban J connectivity index is 1.75. The number of ether oxygens (including phenoxy) is 1. The van der Waals surface area contributed by atoms with Crippen molar-refractivity contribution in [2.24, 2.45) is 0 Å². The lowest BCUT2D eigenvalue weighted by Gasteiger charge is -2.26. The van der Waals surface area contributed by atoms with Crippen LogP contribution in [0.1, 0.15) is 70.7 Å². The summed E-state index contributed by atoms with van der Waals surface area (Å²) in [4.78, 5) is 24.2. The first-order chi connectivity index (χ1) is 12.6. The van der Waals surface area contributed by atoms with Crippen LogP contribution in [0.5, 0.6) is 0 Å². The highest BCUT2D eigenvalue weighted by atomic mass is 32.2. The summed E-state index contributed by atoms with van der Waals surface area (Å²) in [7, 11) is 0. The van der Waals surface area contributed by atoms with E-state index in [1.807, 2.05) is 6.92 Å². The van der Waals surface area contributed by atoms with Gasteiger partial charge < -0.3 is 14.6 Å². The molecule has 1 aromatic rings. The van der Waals surface area contributed by atoms with Crippen LogP contribution in [0.15, 0.2) is 5.16 Å². The maximum Gasteiger partial charge on any atom is 0.313 e. The van der Waals surface area contributed by atoms with E-state index in [4.69, 9.17) is 4.74 Å². The van der Waals surface area contributed by atoms with Gasteiger partial charge in [0.2, 0.25) is 5.91 Å². The second kappa shape index (κ2) is 8.88. The number of aromatic nitrogens is 3.